The maximum atomic E-state index is 10.4. The Morgan fingerprint density at radius 2 is 1.27 bits per heavy atom. The molecular formula is C6H13ClN2O6. The third-order valence-electron chi connectivity index (χ3n) is 1.57. The van der Waals surface area contributed by atoms with E-state index >= 15 is 0 Å². The van der Waals surface area contributed by atoms with Crippen molar-refractivity contribution in [3.63, 3.8) is 0 Å². The lowest BCUT2D eigenvalue weighted by Crippen LogP contribution is -2.32. The molecule has 8 nitrogen and oxygen atoms in total. The Morgan fingerprint density at radius 3 is 1.40 bits per heavy atom. The predicted octanol–water partition coefficient (Wildman–Crippen LogP) is -1.12. The van der Waals surface area contributed by atoms with E-state index in [1.807, 2.05) is 0 Å². The standard InChI is InChI=1S/C6H12N2O6.ClH/c7-13-3(5(9)10)1-2-4(14-8)6(11)12;/h3-4H,1-2,7-8H2,(H,9,10)(H,11,12);1H. The van der Waals surface area contributed by atoms with E-state index in [9.17, 15) is 9.59 Å². The molecule has 0 saturated carbocycles. The van der Waals surface area contributed by atoms with Crippen LogP contribution >= 0.6 is 12.4 Å². The van der Waals surface area contributed by atoms with Gasteiger partial charge < -0.3 is 10.2 Å². The van der Waals surface area contributed by atoms with Gasteiger partial charge in [-0.2, -0.15) is 0 Å². The minimum Gasteiger partial charge on any atom is -0.479 e. The number of rotatable bonds is 7. The van der Waals surface area contributed by atoms with E-state index in [1.54, 1.807) is 0 Å². The Bertz CT molecular complexity index is 192. The van der Waals surface area contributed by atoms with Gasteiger partial charge in [0.05, 0.1) is 0 Å². The van der Waals surface area contributed by atoms with Crippen LogP contribution in [0.2, 0.25) is 0 Å². The zero-order chi connectivity index (χ0) is 11.1. The molecule has 0 radical (unpaired) electrons. The van der Waals surface area contributed by atoms with Gasteiger partial charge in [-0.25, -0.2) is 21.4 Å². The summed E-state index contributed by atoms with van der Waals surface area (Å²) in [7, 11) is 0. The molecule has 0 aromatic heterocycles. The normalized spacial score (nSPS) is 13.7. The second-order valence-electron chi connectivity index (χ2n) is 2.50. The van der Waals surface area contributed by atoms with E-state index in [0.717, 1.165) is 0 Å². The number of carbonyl (C=O) groups is 2. The van der Waals surface area contributed by atoms with Gasteiger partial charge in [0.1, 0.15) is 0 Å². The molecule has 6 N–H and O–H groups in total. The average Bonchev–Trinajstić information content (AvgIpc) is 2.11. The molecule has 2 atom stereocenters. The van der Waals surface area contributed by atoms with Crippen LogP contribution in [0.4, 0.5) is 0 Å². The third kappa shape index (κ3) is 6.20. The number of carboxylic acid groups (broad SMARTS) is 2. The van der Waals surface area contributed by atoms with Crippen molar-refractivity contribution < 1.29 is 29.5 Å². The first-order valence-electron chi connectivity index (χ1n) is 3.69. The first-order valence-corrected chi connectivity index (χ1v) is 3.69. The van der Waals surface area contributed by atoms with Crippen molar-refractivity contribution in [2.24, 2.45) is 11.8 Å². The second kappa shape index (κ2) is 8.38. The van der Waals surface area contributed by atoms with Crippen LogP contribution in [0.5, 0.6) is 0 Å². The van der Waals surface area contributed by atoms with Crippen LogP contribution < -0.4 is 11.8 Å². The molecule has 0 aliphatic heterocycles. The first kappa shape index (κ1) is 16.5. The lowest BCUT2D eigenvalue weighted by Gasteiger charge is -2.12. The molecule has 0 rings (SSSR count). The third-order valence-corrected chi connectivity index (χ3v) is 1.57. The van der Waals surface area contributed by atoms with Crippen molar-refractivity contribution >= 4 is 24.3 Å². The van der Waals surface area contributed by atoms with Crippen molar-refractivity contribution in [2.45, 2.75) is 25.0 Å². The fraction of sp³-hybridized carbons (Fsp3) is 0.667. The summed E-state index contributed by atoms with van der Waals surface area (Å²) in [6, 6.07) is 0. The van der Waals surface area contributed by atoms with E-state index in [1.165, 1.54) is 0 Å². The molecule has 9 heteroatoms. The molecular weight excluding hydrogens is 232 g/mol. The van der Waals surface area contributed by atoms with Crippen molar-refractivity contribution in [2.75, 3.05) is 0 Å². The minimum absolute atomic E-state index is 0. The summed E-state index contributed by atoms with van der Waals surface area (Å²) < 4.78 is 0. The Morgan fingerprint density at radius 1 is 1.00 bits per heavy atom. The SMILES string of the molecule is Cl.NOC(CCC(ON)C(=O)O)C(=O)O. The Balaban J connectivity index is 0. The largest absolute Gasteiger partial charge is 0.479 e. The molecule has 0 bridgehead atoms. The summed E-state index contributed by atoms with van der Waals surface area (Å²) in [5, 5.41) is 16.9. The van der Waals surface area contributed by atoms with E-state index in [0.29, 0.717) is 0 Å². The highest BCUT2D eigenvalue weighted by Crippen LogP contribution is 2.06. The summed E-state index contributed by atoms with van der Waals surface area (Å²) in [5.41, 5.74) is 0. The maximum absolute atomic E-state index is 10.4. The quantitative estimate of drug-likeness (QED) is 0.412. The van der Waals surface area contributed by atoms with Gasteiger partial charge >= 0.3 is 11.9 Å². The maximum Gasteiger partial charge on any atom is 0.334 e. The van der Waals surface area contributed by atoms with Gasteiger partial charge in [0, 0.05) is 0 Å². The average molecular weight is 245 g/mol. The van der Waals surface area contributed by atoms with Crippen molar-refractivity contribution in [1.82, 2.24) is 0 Å². The van der Waals surface area contributed by atoms with Gasteiger partial charge in [-0.3, -0.25) is 9.68 Å². The van der Waals surface area contributed by atoms with Crippen molar-refractivity contribution in [1.29, 1.82) is 0 Å². The van der Waals surface area contributed by atoms with Gasteiger partial charge in [-0.05, 0) is 12.8 Å². The zero-order valence-corrected chi connectivity index (χ0v) is 8.48. The number of halogens is 1. The summed E-state index contributed by atoms with van der Waals surface area (Å²) >= 11 is 0. The summed E-state index contributed by atoms with van der Waals surface area (Å²) in [4.78, 5) is 28.9. The number of nitrogens with two attached hydrogens (primary N) is 2. The summed E-state index contributed by atoms with van der Waals surface area (Å²) in [6.45, 7) is 0. The Hall–Kier alpha value is -0.930. The van der Waals surface area contributed by atoms with Gasteiger partial charge in [-0.15, -0.1) is 12.4 Å². The molecule has 90 valence electrons. The van der Waals surface area contributed by atoms with E-state index in [-0.39, 0.29) is 25.2 Å². The molecule has 0 aliphatic rings. The molecule has 2 unspecified atom stereocenters. The van der Waals surface area contributed by atoms with Crippen LogP contribution in [-0.2, 0) is 19.3 Å². The molecule has 0 amide bonds. The van der Waals surface area contributed by atoms with E-state index in [4.69, 9.17) is 10.2 Å². The lowest BCUT2D eigenvalue weighted by atomic mass is 10.1. The predicted molar refractivity (Wildman–Crippen MR) is 49.9 cm³/mol. The van der Waals surface area contributed by atoms with Gasteiger partial charge in [0.2, 0.25) is 0 Å². The Kier molecular flexibility index (Phi) is 9.22. The molecule has 0 fully saturated rings. The fourth-order valence-electron chi connectivity index (χ4n) is 0.802. The zero-order valence-electron chi connectivity index (χ0n) is 7.66. The van der Waals surface area contributed by atoms with Gasteiger partial charge in [0.15, 0.2) is 12.2 Å². The summed E-state index contributed by atoms with van der Waals surface area (Å²) in [6.07, 6.45) is -2.71. The monoisotopic (exact) mass is 244 g/mol. The minimum atomic E-state index is -1.27. The first-order chi connectivity index (χ1) is 6.52. The number of hydrogen-bond donors (Lipinski definition) is 4. The van der Waals surface area contributed by atoms with E-state index in [2.05, 4.69) is 21.5 Å². The van der Waals surface area contributed by atoms with Crippen LogP contribution in [0.15, 0.2) is 0 Å². The highest BCUT2D eigenvalue weighted by Gasteiger charge is 2.23. The molecule has 15 heavy (non-hydrogen) atoms. The second-order valence-corrected chi connectivity index (χ2v) is 2.50. The fourth-order valence-corrected chi connectivity index (χ4v) is 0.802. The molecule has 0 aromatic carbocycles. The van der Waals surface area contributed by atoms with Crippen LogP contribution in [0.1, 0.15) is 12.8 Å². The topological polar surface area (TPSA) is 145 Å². The van der Waals surface area contributed by atoms with Crippen LogP contribution in [0, 0.1) is 0 Å². The Labute approximate surface area is 91.4 Å². The van der Waals surface area contributed by atoms with Crippen molar-refractivity contribution in [3.05, 3.63) is 0 Å². The highest BCUT2D eigenvalue weighted by molar-refractivity contribution is 5.85. The van der Waals surface area contributed by atoms with Gasteiger partial charge in [-0.1, -0.05) is 0 Å². The van der Waals surface area contributed by atoms with Crippen molar-refractivity contribution in [3.8, 4) is 0 Å². The van der Waals surface area contributed by atoms with Crippen LogP contribution in [0.3, 0.4) is 0 Å². The molecule has 0 aliphatic carbocycles. The molecule has 0 heterocycles. The lowest BCUT2D eigenvalue weighted by molar-refractivity contribution is -0.156. The molecule has 0 spiro atoms. The van der Waals surface area contributed by atoms with Crippen LogP contribution in [-0.4, -0.2) is 34.4 Å². The van der Waals surface area contributed by atoms with E-state index < -0.39 is 24.1 Å². The molecule has 0 saturated heterocycles. The number of carboxylic acids is 2. The highest BCUT2D eigenvalue weighted by atomic mass is 35.5. The molecule has 0 aromatic rings. The van der Waals surface area contributed by atoms with Crippen LogP contribution in [0.25, 0.3) is 0 Å². The van der Waals surface area contributed by atoms with Gasteiger partial charge in [0.25, 0.3) is 0 Å². The number of hydrogen-bond acceptors (Lipinski definition) is 6. The smallest absolute Gasteiger partial charge is 0.334 e. The summed E-state index contributed by atoms with van der Waals surface area (Å²) in [5.74, 6) is 6.81. The number of aliphatic carboxylic acids is 2.